The Morgan fingerprint density at radius 2 is 1.84 bits per heavy atom. The molecule has 0 bridgehead atoms. The summed E-state index contributed by atoms with van der Waals surface area (Å²) < 4.78 is 10.6. The van der Waals surface area contributed by atoms with Crippen LogP contribution in [-0.2, 0) is 0 Å². The Kier molecular flexibility index (Phi) is 5.00. The van der Waals surface area contributed by atoms with Gasteiger partial charge in [-0.05, 0) is 31.2 Å². The molecule has 1 amide bonds. The minimum absolute atomic E-state index is 0.208. The van der Waals surface area contributed by atoms with Crippen molar-refractivity contribution in [3.8, 4) is 11.5 Å². The van der Waals surface area contributed by atoms with Crippen LogP contribution in [0.4, 0.5) is 10.8 Å². The van der Waals surface area contributed by atoms with Crippen LogP contribution in [0.1, 0.15) is 16.1 Å². The Bertz CT molecular complexity index is 877. The average molecular weight is 354 g/mol. The number of amides is 1. The van der Waals surface area contributed by atoms with Gasteiger partial charge in [0, 0.05) is 11.4 Å². The number of anilines is 2. The molecule has 0 N–H and O–H groups in total. The van der Waals surface area contributed by atoms with Gasteiger partial charge in [-0.2, -0.15) is 0 Å². The van der Waals surface area contributed by atoms with Crippen LogP contribution in [-0.4, -0.2) is 25.1 Å². The summed E-state index contributed by atoms with van der Waals surface area (Å²) in [6.45, 7) is 1.90. The fourth-order valence-corrected chi connectivity index (χ4v) is 3.25. The molecule has 0 saturated carbocycles. The first kappa shape index (κ1) is 17.0. The Morgan fingerprint density at radius 1 is 1.08 bits per heavy atom. The van der Waals surface area contributed by atoms with Crippen molar-refractivity contribution in [2.24, 2.45) is 0 Å². The summed E-state index contributed by atoms with van der Waals surface area (Å²) in [5.41, 5.74) is 2.06. The molecule has 0 unspecified atom stereocenters. The third-order valence-electron chi connectivity index (χ3n) is 3.65. The van der Waals surface area contributed by atoms with E-state index in [0.717, 1.165) is 11.4 Å². The zero-order valence-electron chi connectivity index (χ0n) is 14.2. The molecule has 6 heteroatoms. The standard InChI is InChI=1S/C19H18N2O3S/c1-13-12-25-19(20-13)21(14-7-5-4-6-8-14)18(22)16-10-9-15(23-2)11-17(16)24-3/h4-12H,1-3H3. The summed E-state index contributed by atoms with van der Waals surface area (Å²) in [4.78, 5) is 19.4. The van der Waals surface area contributed by atoms with E-state index in [1.165, 1.54) is 18.4 Å². The van der Waals surface area contributed by atoms with E-state index in [1.54, 1.807) is 30.2 Å². The van der Waals surface area contributed by atoms with Gasteiger partial charge in [-0.15, -0.1) is 11.3 Å². The quantitative estimate of drug-likeness (QED) is 0.679. The largest absolute Gasteiger partial charge is 0.497 e. The highest BCUT2D eigenvalue weighted by Crippen LogP contribution is 2.33. The molecule has 0 aliphatic carbocycles. The molecule has 128 valence electrons. The molecule has 0 fully saturated rings. The third kappa shape index (κ3) is 3.49. The van der Waals surface area contributed by atoms with Crippen LogP contribution in [0.5, 0.6) is 11.5 Å². The van der Waals surface area contributed by atoms with Crippen molar-refractivity contribution < 1.29 is 14.3 Å². The minimum Gasteiger partial charge on any atom is -0.497 e. The van der Waals surface area contributed by atoms with Gasteiger partial charge in [-0.25, -0.2) is 4.98 Å². The number of nitrogens with zero attached hydrogens (tertiary/aromatic N) is 2. The van der Waals surface area contributed by atoms with E-state index in [-0.39, 0.29) is 5.91 Å². The number of rotatable bonds is 5. The lowest BCUT2D eigenvalue weighted by Crippen LogP contribution is -2.26. The van der Waals surface area contributed by atoms with Crippen LogP contribution in [0.2, 0.25) is 0 Å². The molecular weight excluding hydrogens is 336 g/mol. The molecule has 0 aliphatic rings. The zero-order valence-corrected chi connectivity index (χ0v) is 15.0. The number of hydrogen-bond donors (Lipinski definition) is 0. The molecule has 3 aromatic rings. The molecule has 5 nitrogen and oxygen atoms in total. The maximum Gasteiger partial charge on any atom is 0.268 e. The molecular formula is C19H18N2O3S. The topological polar surface area (TPSA) is 51.7 Å². The molecule has 0 saturated heterocycles. The van der Waals surface area contributed by atoms with Gasteiger partial charge in [0.15, 0.2) is 5.13 Å². The molecule has 1 heterocycles. The monoisotopic (exact) mass is 354 g/mol. The SMILES string of the molecule is COc1ccc(C(=O)N(c2ccccc2)c2nc(C)cs2)c(OC)c1. The van der Waals surface area contributed by atoms with Gasteiger partial charge in [0.05, 0.1) is 31.2 Å². The van der Waals surface area contributed by atoms with Crippen molar-refractivity contribution in [3.05, 3.63) is 65.2 Å². The second-order valence-electron chi connectivity index (χ2n) is 5.31. The van der Waals surface area contributed by atoms with Crippen molar-refractivity contribution in [2.45, 2.75) is 6.92 Å². The number of aromatic nitrogens is 1. The lowest BCUT2D eigenvalue weighted by Gasteiger charge is -2.21. The van der Waals surface area contributed by atoms with Crippen LogP contribution in [0.15, 0.2) is 53.9 Å². The summed E-state index contributed by atoms with van der Waals surface area (Å²) in [5, 5.41) is 2.54. The van der Waals surface area contributed by atoms with Crippen molar-refractivity contribution in [1.82, 2.24) is 4.98 Å². The van der Waals surface area contributed by atoms with Gasteiger partial charge in [0.25, 0.3) is 5.91 Å². The third-order valence-corrected chi connectivity index (χ3v) is 4.60. The van der Waals surface area contributed by atoms with Crippen LogP contribution in [0.25, 0.3) is 0 Å². The summed E-state index contributed by atoms with van der Waals surface area (Å²) in [6, 6.07) is 14.6. The highest BCUT2D eigenvalue weighted by atomic mass is 32.1. The first-order valence-electron chi connectivity index (χ1n) is 7.67. The fourth-order valence-electron chi connectivity index (χ4n) is 2.43. The van der Waals surface area contributed by atoms with Crippen LogP contribution >= 0.6 is 11.3 Å². The molecule has 25 heavy (non-hydrogen) atoms. The Labute approximate surface area is 150 Å². The highest BCUT2D eigenvalue weighted by Gasteiger charge is 2.25. The molecule has 2 aromatic carbocycles. The van der Waals surface area contributed by atoms with Gasteiger partial charge in [-0.3, -0.25) is 9.69 Å². The summed E-state index contributed by atoms with van der Waals surface area (Å²) in [7, 11) is 3.11. The maximum atomic E-state index is 13.3. The van der Waals surface area contributed by atoms with Gasteiger partial charge in [-0.1, -0.05) is 18.2 Å². The van der Waals surface area contributed by atoms with E-state index < -0.39 is 0 Å². The number of methoxy groups -OCH3 is 2. The Balaban J connectivity index is 2.09. The summed E-state index contributed by atoms with van der Waals surface area (Å²) in [5.74, 6) is 0.878. The number of carbonyl (C=O) groups excluding carboxylic acids is 1. The number of aryl methyl sites for hydroxylation is 1. The van der Waals surface area contributed by atoms with E-state index >= 15 is 0 Å². The van der Waals surface area contributed by atoms with Crippen LogP contribution in [0, 0.1) is 6.92 Å². The fraction of sp³-hybridized carbons (Fsp3) is 0.158. The number of para-hydroxylation sites is 1. The zero-order chi connectivity index (χ0) is 17.8. The van der Waals surface area contributed by atoms with Crippen molar-refractivity contribution in [2.75, 3.05) is 19.1 Å². The summed E-state index contributed by atoms with van der Waals surface area (Å²) in [6.07, 6.45) is 0. The second kappa shape index (κ2) is 7.36. The summed E-state index contributed by atoms with van der Waals surface area (Å²) >= 11 is 1.43. The van der Waals surface area contributed by atoms with Gasteiger partial charge < -0.3 is 9.47 Å². The Hall–Kier alpha value is -2.86. The van der Waals surface area contributed by atoms with Gasteiger partial charge >= 0.3 is 0 Å². The first-order valence-corrected chi connectivity index (χ1v) is 8.55. The van der Waals surface area contributed by atoms with Gasteiger partial charge in [0.1, 0.15) is 11.5 Å². The van der Waals surface area contributed by atoms with Gasteiger partial charge in [0.2, 0.25) is 0 Å². The lowest BCUT2D eigenvalue weighted by atomic mass is 10.1. The molecule has 3 rings (SSSR count). The number of thiazole rings is 1. The Morgan fingerprint density at radius 3 is 2.44 bits per heavy atom. The van der Waals surface area contributed by atoms with Crippen molar-refractivity contribution >= 4 is 28.1 Å². The molecule has 0 spiro atoms. The van der Waals surface area contributed by atoms with Crippen molar-refractivity contribution in [1.29, 1.82) is 0 Å². The van der Waals surface area contributed by atoms with E-state index in [1.807, 2.05) is 42.6 Å². The maximum absolute atomic E-state index is 13.3. The van der Waals surface area contributed by atoms with E-state index in [9.17, 15) is 4.79 Å². The molecule has 1 aromatic heterocycles. The smallest absolute Gasteiger partial charge is 0.268 e. The number of ether oxygens (including phenoxy) is 2. The van der Waals surface area contributed by atoms with E-state index in [4.69, 9.17) is 9.47 Å². The number of hydrogen-bond acceptors (Lipinski definition) is 5. The molecule has 0 radical (unpaired) electrons. The minimum atomic E-state index is -0.208. The second-order valence-corrected chi connectivity index (χ2v) is 6.15. The predicted molar refractivity (Wildman–Crippen MR) is 99.3 cm³/mol. The van der Waals surface area contributed by atoms with Crippen LogP contribution in [0.3, 0.4) is 0 Å². The van der Waals surface area contributed by atoms with Crippen molar-refractivity contribution in [3.63, 3.8) is 0 Å². The number of benzene rings is 2. The van der Waals surface area contributed by atoms with Crippen LogP contribution < -0.4 is 14.4 Å². The lowest BCUT2D eigenvalue weighted by molar-refractivity contribution is 0.0996. The van der Waals surface area contributed by atoms with E-state index in [2.05, 4.69) is 4.98 Å². The first-order chi connectivity index (χ1) is 12.1. The normalized spacial score (nSPS) is 10.4. The average Bonchev–Trinajstić information content (AvgIpc) is 3.08. The van der Waals surface area contributed by atoms with E-state index in [0.29, 0.717) is 22.2 Å². The predicted octanol–water partition coefficient (Wildman–Crippen LogP) is 4.45. The highest BCUT2D eigenvalue weighted by molar-refractivity contribution is 7.14. The number of carbonyl (C=O) groups is 1. The molecule has 0 aliphatic heterocycles. The molecule has 0 atom stereocenters.